The van der Waals surface area contributed by atoms with Crippen molar-refractivity contribution >= 4 is 5.69 Å². The van der Waals surface area contributed by atoms with E-state index in [1.165, 1.54) is 25.5 Å². The summed E-state index contributed by atoms with van der Waals surface area (Å²) in [7, 11) is 4.27. The highest BCUT2D eigenvalue weighted by molar-refractivity contribution is 5.53. The lowest BCUT2D eigenvalue weighted by molar-refractivity contribution is 0.314. The molecular weight excluding hydrogens is 253 g/mol. The molecule has 1 heterocycles. The van der Waals surface area contributed by atoms with Gasteiger partial charge in [-0.25, -0.2) is 4.39 Å². The van der Waals surface area contributed by atoms with Gasteiger partial charge < -0.3 is 15.5 Å². The van der Waals surface area contributed by atoms with Crippen molar-refractivity contribution in [2.45, 2.75) is 38.3 Å². The van der Waals surface area contributed by atoms with Crippen molar-refractivity contribution in [2.75, 3.05) is 32.1 Å². The number of hydrogen-bond donors (Lipinski definition) is 1. The first-order chi connectivity index (χ1) is 9.47. The fourth-order valence-corrected chi connectivity index (χ4v) is 3.06. The number of hydrogen-bond acceptors (Lipinski definition) is 3. The van der Waals surface area contributed by atoms with Crippen LogP contribution in [-0.4, -0.2) is 44.2 Å². The molecule has 4 heteroatoms. The monoisotopic (exact) mass is 279 g/mol. The summed E-state index contributed by atoms with van der Waals surface area (Å²) in [6.45, 7) is 4.11. The molecule has 0 aromatic heterocycles. The third kappa shape index (κ3) is 3.70. The fourth-order valence-electron chi connectivity index (χ4n) is 3.06. The van der Waals surface area contributed by atoms with Crippen LogP contribution in [0, 0.1) is 5.82 Å². The van der Waals surface area contributed by atoms with Crippen LogP contribution in [0.4, 0.5) is 10.1 Å². The van der Waals surface area contributed by atoms with Gasteiger partial charge in [-0.2, -0.15) is 0 Å². The largest absolute Gasteiger partial charge is 0.373 e. The number of benzene rings is 1. The van der Waals surface area contributed by atoms with E-state index in [4.69, 9.17) is 5.73 Å². The number of likely N-dealkylation sites (N-methyl/N-ethyl adjacent to an activating group) is 2. The molecule has 3 nitrogen and oxygen atoms in total. The first-order valence-corrected chi connectivity index (χ1v) is 7.42. The maximum atomic E-state index is 13.5. The maximum absolute atomic E-state index is 13.5. The van der Waals surface area contributed by atoms with E-state index in [0.717, 1.165) is 17.8 Å². The van der Waals surface area contributed by atoms with Gasteiger partial charge in [0.2, 0.25) is 0 Å². The summed E-state index contributed by atoms with van der Waals surface area (Å²) < 4.78 is 13.5. The van der Waals surface area contributed by atoms with Gasteiger partial charge in [-0.3, -0.25) is 0 Å². The lowest BCUT2D eigenvalue weighted by Crippen LogP contribution is -2.37. The standard InChI is InChI=1S/C16H26FN3/c1-12(18)9-13-10-14(17)6-7-16(13)20(3)11-15-5-4-8-19(15)2/h6-7,10,12,15H,4-5,8-9,11,18H2,1-3H3. The molecule has 1 fully saturated rings. The van der Waals surface area contributed by atoms with E-state index in [1.54, 1.807) is 6.07 Å². The zero-order valence-corrected chi connectivity index (χ0v) is 12.8. The molecule has 2 N–H and O–H groups in total. The third-order valence-corrected chi connectivity index (χ3v) is 4.15. The molecule has 1 saturated heterocycles. The Labute approximate surface area is 121 Å². The van der Waals surface area contributed by atoms with Gasteiger partial charge in [0.25, 0.3) is 0 Å². The summed E-state index contributed by atoms with van der Waals surface area (Å²) in [5.74, 6) is -0.184. The van der Waals surface area contributed by atoms with Gasteiger partial charge in [-0.1, -0.05) is 0 Å². The average molecular weight is 279 g/mol. The molecule has 112 valence electrons. The summed E-state index contributed by atoms with van der Waals surface area (Å²) in [5, 5.41) is 0. The zero-order chi connectivity index (χ0) is 14.7. The first kappa shape index (κ1) is 15.3. The van der Waals surface area contributed by atoms with Crippen molar-refractivity contribution in [2.24, 2.45) is 5.73 Å². The lowest BCUT2D eigenvalue weighted by Gasteiger charge is -2.29. The van der Waals surface area contributed by atoms with E-state index in [-0.39, 0.29) is 11.9 Å². The van der Waals surface area contributed by atoms with Gasteiger partial charge >= 0.3 is 0 Å². The van der Waals surface area contributed by atoms with Crippen LogP contribution in [-0.2, 0) is 6.42 Å². The van der Waals surface area contributed by atoms with E-state index in [1.807, 2.05) is 13.0 Å². The Morgan fingerprint density at radius 3 is 2.85 bits per heavy atom. The molecule has 0 spiro atoms. The van der Waals surface area contributed by atoms with Gasteiger partial charge in [0.05, 0.1) is 0 Å². The molecule has 0 saturated carbocycles. The molecule has 0 amide bonds. The van der Waals surface area contributed by atoms with Crippen LogP contribution in [0.1, 0.15) is 25.3 Å². The minimum Gasteiger partial charge on any atom is -0.373 e. The predicted octanol–water partition coefficient (Wildman–Crippen LogP) is 2.25. The topological polar surface area (TPSA) is 32.5 Å². The fraction of sp³-hybridized carbons (Fsp3) is 0.625. The Bertz CT molecular complexity index is 447. The van der Waals surface area contributed by atoms with Crippen LogP contribution in [0.2, 0.25) is 0 Å². The molecule has 0 radical (unpaired) electrons. The molecule has 2 atom stereocenters. The van der Waals surface area contributed by atoms with Crippen LogP contribution in [0.25, 0.3) is 0 Å². The second kappa shape index (κ2) is 6.55. The van der Waals surface area contributed by atoms with Crippen LogP contribution in [0.3, 0.4) is 0 Å². The summed E-state index contributed by atoms with van der Waals surface area (Å²) in [5.41, 5.74) is 7.98. The van der Waals surface area contributed by atoms with Gasteiger partial charge in [0.15, 0.2) is 0 Å². The van der Waals surface area contributed by atoms with Crippen molar-refractivity contribution in [3.05, 3.63) is 29.6 Å². The number of halogens is 1. The average Bonchev–Trinajstić information content (AvgIpc) is 2.74. The molecular formula is C16H26FN3. The van der Waals surface area contributed by atoms with Crippen molar-refractivity contribution < 1.29 is 4.39 Å². The van der Waals surface area contributed by atoms with Crippen molar-refractivity contribution in [1.82, 2.24) is 4.90 Å². The second-order valence-electron chi connectivity index (χ2n) is 6.11. The molecule has 1 aliphatic rings. The number of likely N-dealkylation sites (tertiary alicyclic amines) is 1. The molecule has 2 rings (SSSR count). The Morgan fingerprint density at radius 1 is 1.50 bits per heavy atom. The van der Waals surface area contributed by atoms with Crippen molar-refractivity contribution in [1.29, 1.82) is 0 Å². The van der Waals surface area contributed by atoms with Crippen molar-refractivity contribution in [3.63, 3.8) is 0 Å². The lowest BCUT2D eigenvalue weighted by atomic mass is 10.0. The summed E-state index contributed by atoms with van der Waals surface area (Å²) in [4.78, 5) is 4.65. The molecule has 0 aliphatic carbocycles. The summed E-state index contributed by atoms with van der Waals surface area (Å²) in [6.07, 6.45) is 3.22. The SMILES string of the molecule is CC(N)Cc1cc(F)ccc1N(C)CC1CCCN1C. The molecule has 1 aliphatic heterocycles. The highest BCUT2D eigenvalue weighted by Crippen LogP contribution is 2.24. The molecule has 2 unspecified atom stereocenters. The summed E-state index contributed by atoms with van der Waals surface area (Å²) >= 11 is 0. The first-order valence-electron chi connectivity index (χ1n) is 7.42. The Kier molecular flexibility index (Phi) is 5.00. The maximum Gasteiger partial charge on any atom is 0.123 e. The van der Waals surface area contributed by atoms with Gasteiger partial charge in [-0.05, 0) is 63.5 Å². The predicted molar refractivity (Wildman–Crippen MR) is 82.7 cm³/mol. The number of nitrogens with two attached hydrogens (primary N) is 1. The van der Waals surface area contributed by atoms with Crippen LogP contribution >= 0.6 is 0 Å². The van der Waals surface area contributed by atoms with E-state index >= 15 is 0 Å². The number of nitrogens with zero attached hydrogens (tertiary/aromatic N) is 2. The van der Waals surface area contributed by atoms with Crippen molar-refractivity contribution in [3.8, 4) is 0 Å². The molecule has 20 heavy (non-hydrogen) atoms. The third-order valence-electron chi connectivity index (χ3n) is 4.15. The minimum atomic E-state index is -0.184. The van der Waals surface area contributed by atoms with E-state index in [9.17, 15) is 4.39 Å². The quantitative estimate of drug-likeness (QED) is 0.897. The minimum absolute atomic E-state index is 0.0399. The Morgan fingerprint density at radius 2 is 2.25 bits per heavy atom. The highest BCUT2D eigenvalue weighted by Gasteiger charge is 2.23. The molecule has 1 aromatic rings. The Hall–Kier alpha value is -1.13. The highest BCUT2D eigenvalue weighted by atomic mass is 19.1. The summed E-state index contributed by atoms with van der Waals surface area (Å²) in [6, 6.07) is 5.66. The van der Waals surface area contributed by atoms with E-state index in [0.29, 0.717) is 12.5 Å². The van der Waals surface area contributed by atoms with Gasteiger partial charge in [0.1, 0.15) is 5.82 Å². The molecule has 1 aromatic carbocycles. The number of rotatable bonds is 5. The van der Waals surface area contributed by atoms with E-state index in [2.05, 4.69) is 23.9 Å². The van der Waals surface area contributed by atoms with Gasteiger partial charge in [0, 0.05) is 31.4 Å². The van der Waals surface area contributed by atoms with Crippen LogP contribution in [0.15, 0.2) is 18.2 Å². The van der Waals surface area contributed by atoms with E-state index < -0.39 is 0 Å². The normalized spacial score (nSPS) is 21.1. The van der Waals surface area contributed by atoms with Gasteiger partial charge in [-0.15, -0.1) is 0 Å². The zero-order valence-electron chi connectivity index (χ0n) is 12.8. The Balaban J connectivity index is 2.13. The number of anilines is 1. The molecule has 0 bridgehead atoms. The van der Waals surface area contributed by atoms with Crippen LogP contribution in [0.5, 0.6) is 0 Å². The van der Waals surface area contributed by atoms with Crippen LogP contribution < -0.4 is 10.6 Å². The second-order valence-corrected chi connectivity index (χ2v) is 6.11. The smallest absolute Gasteiger partial charge is 0.123 e.